The average Bonchev–Trinajstić information content (AvgIpc) is 2.39. The third-order valence-corrected chi connectivity index (χ3v) is 3.82. The highest BCUT2D eigenvalue weighted by Gasteiger charge is 2.13. The molecule has 3 heteroatoms. The second-order valence-corrected chi connectivity index (χ2v) is 5.75. The molecule has 0 saturated carbocycles. The Morgan fingerprint density at radius 1 is 1.16 bits per heavy atom. The van der Waals surface area contributed by atoms with Crippen LogP contribution in [-0.4, -0.2) is 31.1 Å². The Balaban J connectivity index is 2.59. The third-order valence-electron chi connectivity index (χ3n) is 3.57. The van der Waals surface area contributed by atoms with Gasteiger partial charge in [-0.1, -0.05) is 30.7 Å². The van der Waals surface area contributed by atoms with E-state index in [1.165, 1.54) is 18.5 Å². The molecule has 108 valence electrons. The first-order valence-corrected chi connectivity index (χ1v) is 7.63. The van der Waals surface area contributed by atoms with Crippen molar-refractivity contribution in [1.29, 1.82) is 0 Å². The highest BCUT2D eigenvalue weighted by molar-refractivity contribution is 6.30. The molecule has 0 heterocycles. The minimum absolute atomic E-state index is 0.398. The van der Waals surface area contributed by atoms with Crippen molar-refractivity contribution in [3.63, 3.8) is 0 Å². The molecule has 0 saturated heterocycles. The van der Waals surface area contributed by atoms with Crippen molar-refractivity contribution < 1.29 is 0 Å². The van der Waals surface area contributed by atoms with Crippen LogP contribution in [0.3, 0.4) is 0 Å². The summed E-state index contributed by atoms with van der Waals surface area (Å²) >= 11 is 5.94. The number of hydrogen-bond acceptors (Lipinski definition) is 2. The molecule has 0 fully saturated rings. The van der Waals surface area contributed by atoms with Crippen molar-refractivity contribution in [2.24, 2.45) is 0 Å². The summed E-state index contributed by atoms with van der Waals surface area (Å²) in [5.74, 6) is 0. The maximum atomic E-state index is 5.94. The Kier molecular flexibility index (Phi) is 7.44. The van der Waals surface area contributed by atoms with E-state index in [9.17, 15) is 0 Å². The van der Waals surface area contributed by atoms with Gasteiger partial charge in [-0.25, -0.2) is 0 Å². The van der Waals surface area contributed by atoms with E-state index >= 15 is 0 Å². The van der Waals surface area contributed by atoms with Gasteiger partial charge in [0.2, 0.25) is 0 Å². The summed E-state index contributed by atoms with van der Waals surface area (Å²) in [5, 5.41) is 4.20. The van der Waals surface area contributed by atoms with Gasteiger partial charge in [-0.15, -0.1) is 0 Å². The molecule has 1 aromatic carbocycles. The van der Waals surface area contributed by atoms with Crippen molar-refractivity contribution in [2.45, 2.75) is 45.7 Å². The molecular weight excluding hydrogens is 256 g/mol. The average molecular weight is 283 g/mol. The molecule has 1 atom stereocenters. The SMILES string of the molecule is CCCN(CCC(NC)c1ccc(Cl)cc1)C(C)C. The number of benzene rings is 1. The number of nitrogens with zero attached hydrogens (tertiary/aromatic N) is 1. The lowest BCUT2D eigenvalue weighted by molar-refractivity contribution is 0.211. The first-order chi connectivity index (χ1) is 9.08. The van der Waals surface area contributed by atoms with Gasteiger partial charge in [-0.3, -0.25) is 0 Å². The first-order valence-electron chi connectivity index (χ1n) is 7.25. The van der Waals surface area contributed by atoms with Gasteiger partial charge in [-0.05, 0) is 58.0 Å². The van der Waals surface area contributed by atoms with Crippen molar-refractivity contribution in [2.75, 3.05) is 20.1 Å². The smallest absolute Gasteiger partial charge is 0.0406 e. The zero-order valence-corrected chi connectivity index (χ0v) is 13.4. The zero-order valence-electron chi connectivity index (χ0n) is 12.6. The molecule has 0 spiro atoms. The molecule has 1 aromatic rings. The second kappa shape index (κ2) is 8.57. The van der Waals surface area contributed by atoms with E-state index in [1.54, 1.807) is 0 Å². The van der Waals surface area contributed by atoms with Crippen molar-refractivity contribution in [1.82, 2.24) is 10.2 Å². The van der Waals surface area contributed by atoms with E-state index in [2.05, 4.69) is 43.1 Å². The monoisotopic (exact) mass is 282 g/mol. The molecular formula is C16H27ClN2. The quantitative estimate of drug-likeness (QED) is 0.772. The Labute approximate surface area is 123 Å². The molecule has 0 aromatic heterocycles. The van der Waals surface area contributed by atoms with Crippen molar-refractivity contribution in [3.05, 3.63) is 34.9 Å². The minimum atomic E-state index is 0.398. The molecule has 1 rings (SSSR count). The number of nitrogens with one attached hydrogen (secondary N) is 1. The van der Waals surface area contributed by atoms with Gasteiger partial charge in [0.15, 0.2) is 0 Å². The Morgan fingerprint density at radius 3 is 2.26 bits per heavy atom. The van der Waals surface area contributed by atoms with Crippen LogP contribution in [0.1, 0.15) is 45.2 Å². The van der Waals surface area contributed by atoms with E-state index in [-0.39, 0.29) is 0 Å². The molecule has 1 unspecified atom stereocenters. The van der Waals surface area contributed by atoms with E-state index in [1.807, 2.05) is 19.2 Å². The molecule has 0 aliphatic rings. The van der Waals surface area contributed by atoms with E-state index in [0.717, 1.165) is 18.0 Å². The van der Waals surface area contributed by atoms with Crippen LogP contribution in [0.2, 0.25) is 5.02 Å². The third kappa shape index (κ3) is 5.52. The van der Waals surface area contributed by atoms with Crippen LogP contribution in [0.15, 0.2) is 24.3 Å². The summed E-state index contributed by atoms with van der Waals surface area (Å²) in [6.45, 7) is 9.08. The number of rotatable bonds is 8. The normalized spacial score (nSPS) is 13.2. The molecule has 0 aliphatic heterocycles. The van der Waals surface area contributed by atoms with Gasteiger partial charge in [-0.2, -0.15) is 0 Å². The standard InChI is InChI=1S/C16H27ClN2/c1-5-11-19(13(2)3)12-10-16(18-4)14-6-8-15(17)9-7-14/h6-9,13,16,18H,5,10-12H2,1-4H3. The van der Waals surface area contributed by atoms with Gasteiger partial charge in [0.25, 0.3) is 0 Å². The summed E-state index contributed by atoms with van der Waals surface area (Å²) in [6, 6.07) is 9.17. The number of hydrogen-bond donors (Lipinski definition) is 1. The Bertz CT molecular complexity index is 348. The maximum Gasteiger partial charge on any atom is 0.0406 e. The van der Waals surface area contributed by atoms with Crippen LogP contribution in [0.4, 0.5) is 0 Å². The van der Waals surface area contributed by atoms with Gasteiger partial charge in [0.05, 0.1) is 0 Å². The second-order valence-electron chi connectivity index (χ2n) is 5.31. The van der Waals surface area contributed by atoms with E-state index in [4.69, 9.17) is 11.6 Å². The molecule has 0 amide bonds. The fraction of sp³-hybridized carbons (Fsp3) is 0.625. The lowest BCUT2D eigenvalue weighted by atomic mass is 10.0. The minimum Gasteiger partial charge on any atom is -0.313 e. The van der Waals surface area contributed by atoms with Crippen LogP contribution in [0, 0.1) is 0 Å². The van der Waals surface area contributed by atoms with E-state index < -0.39 is 0 Å². The predicted octanol–water partition coefficient (Wildman–Crippen LogP) is 4.11. The lowest BCUT2D eigenvalue weighted by Gasteiger charge is -2.28. The van der Waals surface area contributed by atoms with E-state index in [0.29, 0.717) is 12.1 Å². The first kappa shape index (κ1) is 16.5. The van der Waals surface area contributed by atoms with Crippen molar-refractivity contribution >= 4 is 11.6 Å². The van der Waals surface area contributed by atoms with Crippen LogP contribution in [-0.2, 0) is 0 Å². The molecule has 1 N–H and O–H groups in total. The maximum absolute atomic E-state index is 5.94. The molecule has 2 nitrogen and oxygen atoms in total. The van der Waals surface area contributed by atoms with Crippen LogP contribution in [0.5, 0.6) is 0 Å². The van der Waals surface area contributed by atoms with Gasteiger partial charge < -0.3 is 10.2 Å². The Hall–Kier alpha value is -0.570. The summed E-state index contributed by atoms with van der Waals surface area (Å²) in [5.41, 5.74) is 1.31. The zero-order chi connectivity index (χ0) is 14.3. The summed E-state index contributed by atoms with van der Waals surface area (Å²) < 4.78 is 0. The molecule has 19 heavy (non-hydrogen) atoms. The van der Waals surface area contributed by atoms with Gasteiger partial charge >= 0.3 is 0 Å². The summed E-state index contributed by atoms with van der Waals surface area (Å²) in [7, 11) is 2.03. The fourth-order valence-electron chi connectivity index (χ4n) is 2.38. The summed E-state index contributed by atoms with van der Waals surface area (Å²) in [6.07, 6.45) is 2.33. The summed E-state index contributed by atoms with van der Waals surface area (Å²) in [4.78, 5) is 2.54. The van der Waals surface area contributed by atoms with Crippen LogP contribution in [0.25, 0.3) is 0 Å². The number of halogens is 1. The molecule has 0 bridgehead atoms. The van der Waals surface area contributed by atoms with Crippen LogP contribution < -0.4 is 5.32 Å². The highest BCUT2D eigenvalue weighted by atomic mass is 35.5. The topological polar surface area (TPSA) is 15.3 Å². The lowest BCUT2D eigenvalue weighted by Crippen LogP contribution is -2.34. The highest BCUT2D eigenvalue weighted by Crippen LogP contribution is 2.19. The van der Waals surface area contributed by atoms with Gasteiger partial charge in [0, 0.05) is 23.7 Å². The van der Waals surface area contributed by atoms with Crippen molar-refractivity contribution in [3.8, 4) is 0 Å². The molecule has 0 aliphatic carbocycles. The fourth-order valence-corrected chi connectivity index (χ4v) is 2.51. The van der Waals surface area contributed by atoms with Crippen LogP contribution >= 0.6 is 11.6 Å². The Morgan fingerprint density at radius 2 is 1.79 bits per heavy atom. The predicted molar refractivity (Wildman–Crippen MR) is 84.9 cm³/mol. The molecule has 0 radical (unpaired) electrons. The largest absolute Gasteiger partial charge is 0.313 e. The van der Waals surface area contributed by atoms with Gasteiger partial charge in [0.1, 0.15) is 0 Å².